The summed E-state index contributed by atoms with van der Waals surface area (Å²) in [6.07, 6.45) is 6.27. The fourth-order valence-electron chi connectivity index (χ4n) is 1.58. The van der Waals surface area contributed by atoms with Crippen LogP contribution < -0.4 is 10.6 Å². The number of nitrogens with one attached hydrogen (secondary N) is 2. The summed E-state index contributed by atoms with van der Waals surface area (Å²) in [5.41, 5.74) is 3.07. The molecule has 2 N–H and O–H groups in total. The quantitative estimate of drug-likeness (QED) is 0.821. The van der Waals surface area contributed by atoms with Gasteiger partial charge in [0, 0.05) is 11.9 Å². The summed E-state index contributed by atoms with van der Waals surface area (Å²) in [4.78, 5) is 11.6. The number of amides is 2. The summed E-state index contributed by atoms with van der Waals surface area (Å²) < 4.78 is 0. The molecule has 0 aromatic heterocycles. The highest BCUT2D eigenvalue weighted by molar-refractivity contribution is 5.90. The molecule has 17 heavy (non-hydrogen) atoms. The van der Waals surface area contributed by atoms with Gasteiger partial charge in [0.05, 0.1) is 0 Å². The van der Waals surface area contributed by atoms with Crippen molar-refractivity contribution in [2.45, 2.75) is 26.7 Å². The number of hydrogen-bond donors (Lipinski definition) is 2. The van der Waals surface area contributed by atoms with E-state index in [4.69, 9.17) is 0 Å². The fraction of sp³-hybridized carbons (Fsp3) is 0.357. The lowest BCUT2D eigenvalue weighted by Crippen LogP contribution is -2.24. The van der Waals surface area contributed by atoms with E-state index < -0.39 is 0 Å². The van der Waals surface area contributed by atoms with Crippen LogP contribution in [0.4, 0.5) is 10.5 Å². The average Bonchev–Trinajstić information content (AvgIpc) is 3.07. The molecule has 3 nitrogen and oxygen atoms in total. The van der Waals surface area contributed by atoms with Crippen molar-refractivity contribution in [1.29, 1.82) is 0 Å². The fourth-order valence-corrected chi connectivity index (χ4v) is 1.58. The first kappa shape index (κ1) is 11.7. The van der Waals surface area contributed by atoms with Crippen molar-refractivity contribution < 1.29 is 4.79 Å². The Labute approximate surface area is 102 Å². The molecule has 1 saturated carbocycles. The number of hydrogen-bond acceptors (Lipinski definition) is 1. The number of rotatable bonds is 3. The highest BCUT2D eigenvalue weighted by Crippen LogP contribution is 2.29. The Hall–Kier alpha value is -1.77. The van der Waals surface area contributed by atoms with Crippen LogP contribution in [0.3, 0.4) is 0 Å². The van der Waals surface area contributed by atoms with Crippen molar-refractivity contribution in [2.75, 3.05) is 5.32 Å². The standard InChI is InChI=1S/C14H18N2O/c1-10-3-4-11(2)13(9-10)16-14(17)15-8-7-12-5-6-12/h3-4,7-9,12H,5-6H2,1-2H3,(H2,15,16,17)/b8-7+. The zero-order chi connectivity index (χ0) is 12.3. The van der Waals surface area contributed by atoms with Gasteiger partial charge in [0.15, 0.2) is 0 Å². The van der Waals surface area contributed by atoms with E-state index in [1.807, 2.05) is 38.1 Å². The van der Waals surface area contributed by atoms with E-state index in [9.17, 15) is 4.79 Å². The lowest BCUT2D eigenvalue weighted by Gasteiger charge is -2.08. The van der Waals surface area contributed by atoms with Gasteiger partial charge in [0.25, 0.3) is 0 Å². The minimum atomic E-state index is -0.185. The Morgan fingerprint density at radius 2 is 2.12 bits per heavy atom. The SMILES string of the molecule is Cc1ccc(C)c(NC(=O)N/C=C/C2CC2)c1. The minimum absolute atomic E-state index is 0.185. The average molecular weight is 230 g/mol. The van der Waals surface area contributed by atoms with E-state index >= 15 is 0 Å². The van der Waals surface area contributed by atoms with Gasteiger partial charge in [-0.25, -0.2) is 4.79 Å². The van der Waals surface area contributed by atoms with E-state index in [0.717, 1.165) is 16.8 Å². The topological polar surface area (TPSA) is 41.1 Å². The molecule has 2 amide bonds. The first-order valence-corrected chi connectivity index (χ1v) is 5.96. The second-order valence-corrected chi connectivity index (χ2v) is 4.61. The molecule has 0 unspecified atom stereocenters. The molecular weight excluding hydrogens is 212 g/mol. The smallest absolute Gasteiger partial charge is 0.315 e. The molecule has 0 radical (unpaired) electrons. The van der Waals surface area contributed by atoms with Crippen LogP contribution in [0.15, 0.2) is 30.5 Å². The molecule has 0 bridgehead atoms. The lowest BCUT2D eigenvalue weighted by atomic mass is 10.1. The second kappa shape index (κ2) is 5.04. The Morgan fingerprint density at radius 1 is 1.35 bits per heavy atom. The third-order valence-corrected chi connectivity index (χ3v) is 2.85. The maximum absolute atomic E-state index is 11.6. The number of benzene rings is 1. The molecule has 0 saturated heterocycles. The lowest BCUT2D eigenvalue weighted by molar-refractivity contribution is 0.255. The van der Waals surface area contributed by atoms with Crippen LogP contribution in [-0.2, 0) is 0 Å². The molecule has 1 fully saturated rings. The molecule has 1 aromatic carbocycles. The third kappa shape index (κ3) is 3.63. The van der Waals surface area contributed by atoms with Crippen LogP contribution in [0.5, 0.6) is 0 Å². The molecule has 0 spiro atoms. The minimum Gasteiger partial charge on any atom is -0.315 e. The molecule has 0 aliphatic heterocycles. The molecule has 0 atom stereocenters. The summed E-state index contributed by atoms with van der Waals surface area (Å²) in [6, 6.07) is 5.83. The Balaban J connectivity index is 1.90. The van der Waals surface area contributed by atoms with Crippen LogP contribution in [0.1, 0.15) is 24.0 Å². The molecule has 1 aromatic rings. The van der Waals surface area contributed by atoms with E-state index in [1.54, 1.807) is 6.20 Å². The zero-order valence-electron chi connectivity index (χ0n) is 10.3. The van der Waals surface area contributed by atoms with Crippen molar-refractivity contribution in [3.63, 3.8) is 0 Å². The summed E-state index contributed by atoms with van der Waals surface area (Å²) >= 11 is 0. The van der Waals surface area contributed by atoms with Gasteiger partial charge < -0.3 is 10.6 Å². The number of urea groups is 1. The number of carbonyl (C=O) groups excluding carboxylic acids is 1. The van der Waals surface area contributed by atoms with Gasteiger partial charge in [-0.15, -0.1) is 0 Å². The van der Waals surface area contributed by atoms with Gasteiger partial charge >= 0.3 is 6.03 Å². The van der Waals surface area contributed by atoms with Crippen molar-refractivity contribution in [3.8, 4) is 0 Å². The molecule has 2 rings (SSSR count). The van der Waals surface area contributed by atoms with Gasteiger partial charge in [0.1, 0.15) is 0 Å². The monoisotopic (exact) mass is 230 g/mol. The zero-order valence-corrected chi connectivity index (χ0v) is 10.3. The number of allylic oxidation sites excluding steroid dienone is 1. The third-order valence-electron chi connectivity index (χ3n) is 2.85. The van der Waals surface area contributed by atoms with Crippen molar-refractivity contribution >= 4 is 11.7 Å². The number of carbonyl (C=O) groups is 1. The summed E-state index contributed by atoms with van der Waals surface area (Å²) in [5.74, 6) is 0.677. The molecule has 1 aliphatic carbocycles. The van der Waals surface area contributed by atoms with Crippen molar-refractivity contribution in [3.05, 3.63) is 41.6 Å². The highest BCUT2D eigenvalue weighted by atomic mass is 16.2. The first-order valence-electron chi connectivity index (χ1n) is 5.96. The van der Waals surface area contributed by atoms with Crippen LogP contribution in [-0.4, -0.2) is 6.03 Å². The Kier molecular flexibility index (Phi) is 3.47. The van der Waals surface area contributed by atoms with E-state index in [1.165, 1.54) is 12.8 Å². The second-order valence-electron chi connectivity index (χ2n) is 4.61. The molecule has 90 valence electrons. The van der Waals surface area contributed by atoms with Gasteiger partial charge in [-0.05, 0) is 49.8 Å². The maximum atomic E-state index is 11.6. The van der Waals surface area contributed by atoms with Crippen molar-refractivity contribution in [2.24, 2.45) is 5.92 Å². The summed E-state index contributed by atoms with van der Waals surface area (Å²) in [7, 11) is 0. The number of aryl methyl sites for hydroxylation is 2. The summed E-state index contributed by atoms with van der Waals surface area (Å²) in [5, 5.41) is 5.56. The summed E-state index contributed by atoms with van der Waals surface area (Å²) in [6.45, 7) is 3.99. The van der Waals surface area contributed by atoms with Gasteiger partial charge in [-0.2, -0.15) is 0 Å². The van der Waals surface area contributed by atoms with Crippen LogP contribution in [0.2, 0.25) is 0 Å². The Bertz CT molecular complexity index is 448. The largest absolute Gasteiger partial charge is 0.323 e. The van der Waals surface area contributed by atoms with Crippen LogP contribution >= 0.6 is 0 Å². The van der Waals surface area contributed by atoms with Crippen molar-refractivity contribution in [1.82, 2.24) is 5.32 Å². The first-order chi connectivity index (χ1) is 8.15. The van der Waals surface area contributed by atoms with Gasteiger partial charge in [0.2, 0.25) is 0 Å². The molecule has 1 aliphatic rings. The van der Waals surface area contributed by atoms with Crippen LogP contribution in [0, 0.1) is 19.8 Å². The Morgan fingerprint density at radius 3 is 2.82 bits per heavy atom. The number of anilines is 1. The van der Waals surface area contributed by atoms with Gasteiger partial charge in [-0.3, -0.25) is 0 Å². The molecule has 3 heteroatoms. The maximum Gasteiger partial charge on any atom is 0.323 e. The predicted molar refractivity (Wildman–Crippen MR) is 69.9 cm³/mol. The van der Waals surface area contributed by atoms with Gasteiger partial charge in [-0.1, -0.05) is 18.2 Å². The highest BCUT2D eigenvalue weighted by Gasteiger charge is 2.17. The normalized spacial score (nSPS) is 14.9. The van der Waals surface area contributed by atoms with E-state index in [-0.39, 0.29) is 6.03 Å². The van der Waals surface area contributed by atoms with Crippen LogP contribution in [0.25, 0.3) is 0 Å². The predicted octanol–water partition coefficient (Wildman–Crippen LogP) is 3.35. The molecule has 0 heterocycles. The van der Waals surface area contributed by atoms with E-state index in [0.29, 0.717) is 5.92 Å². The molecular formula is C14H18N2O. The van der Waals surface area contributed by atoms with E-state index in [2.05, 4.69) is 10.6 Å².